The molecule has 0 bridgehead atoms. The first-order valence-corrected chi connectivity index (χ1v) is 10.1. The minimum Gasteiger partial charge on any atom is -0.278 e. The molecule has 1 aromatic carbocycles. The van der Waals surface area contributed by atoms with Gasteiger partial charge in [0, 0.05) is 12.4 Å². The molecule has 1 aliphatic carbocycles. The highest BCUT2D eigenvalue weighted by molar-refractivity contribution is 5.79. The Hall–Kier alpha value is -2.68. The lowest BCUT2D eigenvalue weighted by molar-refractivity contribution is 0.685. The lowest BCUT2D eigenvalue weighted by Crippen LogP contribution is -2.21. The third kappa shape index (κ3) is 2.91. The normalized spacial score (nSPS) is 16.0. The molecule has 0 spiro atoms. The summed E-state index contributed by atoms with van der Waals surface area (Å²) in [5.41, 5.74) is 8.12. The van der Waals surface area contributed by atoms with Crippen LogP contribution >= 0.6 is 0 Å². The summed E-state index contributed by atoms with van der Waals surface area (Å²) >= 11 is 0. The van der Waals surface area contributed by atoms with E-state index in [1.165, 1.54) is 52.8 Å². The van der Waals surface area contributed by atoms with E-state index in [4.69, 9.17) is 9.97 Å². The molecule has 0 atom stereocenters. The molecule has 0 radical (unpaired) electrons. The molecule has 5 rings (SSSR count). The van der Waals surface area contributed by atoms with Gasteiger partial charge in [-0.1, -0.05) is 24.3 Å². The number of benzene rings is 1. The molecule has 1 aliphatic heterocycles. The van der Waals surface area contributed by atoms with Crippen LogP contribution in [0.2, 0.25) is 0 Å². The number of pyridine rings is 2. The van der Waals surface area contributed by atoms with Crippen LogP contribution in [0.3, 0.4) is 0 Å². The van der Waals surface area contributed by atoms with Gasteiger partial charge in [-0.3, -0.25) is 4.90 Å². The summed E-state index contributed by atoms with van der Waals surface area (Å²) < 4.78 is 0. The zero-order valence-electron chi connectivity index (χ0n) is 15.9. The van der Waals surface area contributed by atoms with Crippen molar-refractivity contribution in [3.8, 4) is 0 Å². The molecule has 0 amide bonds. The summed E-state index contributed by atoms with van der Waals surface area (Å²) in [7, 11) is 0. The zero-order chi connectivity index (χ0) is 18.2. The molecular formula is C24H25N3. The molecule has 3 heterocycles. The van der Waals surface area contributed by atoms with Crippen molar-refractivity contribution in [2.45, 2.75) is 51.9 Å². The topological polar surface area (TPSA) is 29.0 Å². The number of fused-ring (bicyclic) bond motifs is 3. The number of hydrogen-bond donors (Lipinski definition) is 0. The fraction of sp³-hybridized carbons (Fsp3) is 0.333. The Labute approximate surface area is 161 Å². The fourth-order valence-electron chi connectivity index (χ4n) is 4.60. The van der Waals surface area contributed by atoms with E-state index in [0.717, 1.165) is 37.3 Å². The fourth-order valence-corrected chi connectivity index (χ4v) is 4.60. The molecule has 2 aliphatic rings. The zero-order valence-corrected chi connectivity index (χ0v) is 15.9. The van der Waals surface area contributed by atoms with Gasteiger partial charge in [-0.25, -0.2) is 9.97 Å². The SMILES string of the molecule is Cc1cnc2c(c1)CCCc1cccnc1N2c1cccc2c1CCCC2. The Balaban J connectivity index is 1.78. The maximum Gasteiger partial charge on any atom is 0.141 e. The van der Waals surface area contributed by atoms with Crippen molar-refractivity contribution in [2.75, 3.05) is 4.90 Å². The maximum absolute atomic E-state index is 4.91. The lowest BCUT2D eigenvalue weighted by Gasteiger charge is -2.32. The first-order chi connectivity index (χ1) is 13.3. The molecule has 2 aromatic heterocycles. The first kappa shape index (κ1) is 16.5. The highest BCUT2D eigenvalue weighted by Crippen LogP contribution is 2.42. The van der Waals surface area contributed by atoms with Crippen molar-refractivity contribution in [3.05, 3.63) is 76.6 Å². The van der Waals surface area contributed by atoms with Gasteiger partial charge in [0.05, 0.1) is 5.69 Å². The number of rotatable bonds is 1. The summed E-state index contributed by atoms with van der Waals surface area (Å²) in [6.45, 7) is 2.13. The maximum atomic E-state index is 4.91. The standard InChI is InChI=1S/C24H25N3/c1-17-15-20-10-4-9-19-11-6-14-25-23(19)27(24(20)26-16-17)22-13-5-8-18-7-2-3-12-21(18)22/h5-6,8,11,13-16H,2-4,7,9-10,12H2,1H3. The van der Waals surface area contributed by atoms with Crippen LogP contribution in [0.1, 0.15) is 47.1 Å². The van der Waals surface area contributed by atoms with Crippen LogP contribution in [0.4, 0.5) is 17.3 Å². The Morgan fingerprint density at radius 2 is 1.56 bits per heavy atom. The van der Waals surface area contributed by atoms with Gasteiger partial charge >= 0.3 is 0 Å². The molecule has 27 heavy (non-hydrogen) atoms. The minimum absolute atomic E-state index is 1.05. The third-order valence-electron chi connectivity index (χ3n) is 5.88. The van der Waals surface area contributed by atoms with E-state index in [1.54, 1.807) is 0 Å². The molecule has 136 valence electrons. The van der Waals surface area contributed by atoms with E-state index in [9.17, 15) is 0 Å². The second kappa shape index (κ2) is 6.80. The average molecular weight is 355 g/mol. The van der Waals surface area contributed by atoms with E-state index >= 15 is 0 Å². The van der Waals surface area contributed by atoms with Crippen molar-refractivity contribution in [2.24, 2.45) is 0 Å². The lowest BCUT2D eigenvalue weighted by atomic mass is 9.89. The van der Waals surface area contributed by atoms with Crippen molar-refractivity contribution in [1.29, 1.82) is 0 Å². The number of aryl methyl sites for hydroxylation is 4. The summed E-state index contributed by atoms with van der Waals surface area (Å²) in [5.74, 6) is 2.10. The number of aromatic nitrogens is 2. The van der Waals surface area contributed by atoms with Crippen molar-refractivity contribution in [3.63, 3.8) is 0 Å². The summed E-state index contributed by atoms with van der Waals surface area (Å²) in [6, 6.07) is 13.3. The van der Waals surface area contributed by atoms with Gasteiger partial charge in [-0.05, 0) is 91.8 Å². The Morgan fingerprint density at radius 3 is 2.52 bits per heavy atom. The molecule has 0 N–H and O–H groups in total. The van der Waals surface area contributed by atoms with Crippen molar-refractivity contribution < 1.29 is 0 Å². The minimum atomic E-state index is 1.05. The summed E-state index contributed by atoms with van der Waals surface area (Å²) in [4.78, 5) is 12.1. The average Bonchev–Trinajstić information content (AvgIpc) is 2.69. The quantitative estimate of drug-likeness (QED) is 0.567. The monoisotopic (exact) mass is 355 g/mol. The van der Waals surface area contributed by atoms with Crippen LogP contribution in [0.25, 0.3) is 0 Å². The van der Waals surface area contributed by atoms with Crippen molar-refractivity contribution in [1.82, 2.24) is 9.97 Å². The second-order valence-electron chi connectivity index (χ2n) is 7.79. The predicted molar refractivity (Wildman–Crippen MR) is 110 cm³/mol. The van der Waals surface area contributed by atoms with E-state index < -0.39 is 0 Å². The van der Waals surface area contributed by atoms with Crippen LogP contribution in [-0.4, -0.2) is 9.97 Å². The molecule has 0 fully saturated rings. The van der Waals surface area contributed by atoms with Gasteiger partial charge in [-0.2, -0.15) is 0 Å². The largest absolute Gasteiger partial charge is 0.278 e. The Morgan fingerprint density at radius 1 is 0.778 bits per heavy atom. The number of anilines is 3. The first-order valence-electron chi connectivity index (χ1n) is 10.1. The highest BCUT2D eigenvalue weighted by atomic mass is 15.2. The van der Waals surface area contributed by atoms with Gasteiger partial charge in [-0.15, -0.1) is 0 Å². The van der Waals surface area contributed by atoms with Crippen LogP contribution < -0.4 is 4.90 Å². The van der Waals surface area contributed by atoms with Gasteiger partial charge < -0.3 is 0 Å². The molecule has 0 saturated heterocycles. The third-order valence-corrected chi connectivity index (χ3v) is 5.88. The van der Waals surface area contributed by atoms with Gasteiger partial charge in [0.15, 0.2) is 0 Å². The van der Waals surface area contributed by atoms with Crippen LogP contribution in [0, 0.1) is 6.92 Å². The van der Waals surface area contributed by atoms with Gasteiger partial charge in [0.2, 0.25) is 0 Å². The predicted octanol–water partition coefficient (Wildman–Crippen LogP) is 5.62. The van der Waals surface area contributed by atoms with Gasteiger partial charge in [0.1, 0.15) is 11.6 Å². The molecular weight excluding hydrogens is 330 g/mol. The molecule has 3 heteroatoms. The highest BCUT2D eigenvalue weighted by Gasteiger charge is 2.26. The Kier molecular flexibility index (Phi) is 4.16. The number of hydrogen-bond acceptors (Lipinski definition) is 3. The molecule has 3 aromatic rings. The molecule has 0 unspecified atom stereocenters. The van der Waals surface area contributed by atoms with E-state index in [2.05, 4.69) is 48.2 Å². The van der Waals surface area contributed by atoms with Gasteiger partial charge in [0.25, 0.3) is 0 Å². The van der Waals surface area contributed by atoms with Crippen LogP contribution in [-0.2, 0) is 25.7 Å². The van der Waals surface area contributed by atoms with Crippen LogP contribution in [0.15, 0.2) is 48.8 Å². The van der Waals surface area contributed by atoms with E-state index in [1.807, 2.05) is 12.4 Å². The number of nitrogens with zero attached hydrogens (tertiary/aromatic N) is 3. The summed E-state index contributed by atoms with van der Waals surface area (Å²) in [5, 5.41) is 0. The Bertz CT molecular complexity index is 993. The van der Waals surface area contributed by atoms with Crippen LogP contribution in [0.5, 0.6) is 0 Å². The molecule has 3 nitrogen and oxygen atoms in total. The van der Waals surface area contributed by atoms with E-state index in [0.29, 0.717) is 0 Å². The van der Waals surface area contributed by atoms with Crippen molar-refractivity contribution >= 4 is 17.3 Å². The molecule has 0 saturated carbocycles. The van der Waals surface area contributed by atoms with E-state index in [-0.39, 0.29) is 0 Å². The summed E-state index contributed by atoms with van der Waals surface area (Å²) in [6.07, 6.45) is 12.0. The second-order valence-corrected chi connectivity index (χ2v) is 7.79. The smallest absolute Gasteiger partial charge is 0.141 e.